The van der Waals surface area contributed by atoms with Crippen molar-refractivity contribution in [1.82, 2.24) is 4.90 Å². The molecule has 1 aromatic rings. The maximum Gasteiger partial charge on any atom is 0.338 e. The van der Waals surface area contributed by atoms with Gasteiger partial charge in [0.25, 0.3) is 5.91 Å². The molecule has 25 heavy (non-hydrogen) atoms. The molecule has 0 atom stereocenters. The molecule has 1 saturated carbocycles. The van der Waals surface area contributed by atoms with Gasteiger partial charge in [-0.05, 0) is 25.8 Å². The molecule has 1 heterocycles. The van der Waals surface area contributed by atoms with Crippen molar-refractivity contribution in [3.8, 4) is 0 Å². The molecule has 3 rings (SSSR count). The fourth-order valence-electron chi connectivity index (χ4n) is 2.59. The van der Waals surface area contributed by atoms with Crippen LogP contribution in [0.15, 0.2) is 30.0 Å². The fraction of sp³-hybridized carbons (Fsp3) is 0.389. The Hall–Kier alpha value is -2.83. The monoisotopic (exact) mass is 345 g/mol. The van der Waals surface area contributed by atoms with Gasteiger partial charge in [0.2, 0.25) is 5.76 Å². The Morgan fingerprint density at radius 2 is 1.96 bits per heavy atom. The van der Waals surface area contributed by atoms with E-state index in [0.29, 0.717) is 16.8 Å². The van der Waals surface area contributed by atoms with Crippen molar-refractivity contribution in [2.75, 3.05) is 20.3 Å². The number of benzene rings is 1. The molecule has 0 radical (unpaired) electrons. The first-order chi connectivity index (χ1) is 12.1. The summed E-state index contributed by atoms with van der Waals surface area (Å²) in [7, 11) is 1.29. The number of carbonyl (C=O) groups excluding carboxylic acids is 3. The van der Waals surface area contributed by atoms with E-state index in [9.17, 15) is 14.4 Å². The first-order valence-corrected chi connectivity index (χ1v) is 8.13. The molecule has 0 bridgehead atoms. The van der Waals surface area contributed by atoms with Crippen molar-refractivity contribution in [3.05, 3.63) is 41.2 Å². The van der Waals surface area contributed by atoms with Crippen LogP contribution in [0.4, 0.5) is 0 Å². The zero-order valence-corrected chi connectivity index (χ0v) is 14.1. The van der Waals surface area contributed by atoms with E-state index in [1.165, 1.54) is 12.0 Å². The van der Waals surface area contributed by atoms with Crippen molar-refractivity contribution < 1.29 is 28.6 Å². The molecule has 1 fully saturated rings. The lowest BCUT2D eigenvalue weighted by Gasteiger charge is -2.35. The number of carbonyl (C=O) groups is 3. The summed E-state index contributed by atoms with van der Waals surface area (Å²) in [5, 5.41) is 0. The minimum absolute atomic E-state index is 0.0176. The van der Waals surface area contributed by atoms with E-state index in [2.05, 4.69) is 0 Å². The standard InChI is InChI=1S/C18H19NO6/c1-3-24-14(20)10-19-15(16(17(19)21)25-11-8-9-11)12-6-4-5-7-13(12)18(22)23-2/h4-7,11H,3,8-10H2,1-2H3. The van der Waals surface area contributed by atoms with Gasteiger partial charge in [-0.1, -0.05) is 18.2 Å². The third-order valence-electron chi connectivity index (χ3n) is 3.91. The minimum Gasteiger partial charge on any atom is -0.483 e. The van der Waals surface area contributed by atoms with E-state index in [0.717, 1.165) is 12.8 Å². The average Bonchev–Trinajstić information content (AvgIpc) is 3.44. The highest BCUT2D eigenvalue weighted by Crippen LogP contribution is 2.39. The normalized spacial score (nSPS) is 16.4. The summed E-state index contributed by atoms with van der Waals surface area (Å²) in [5.74, 6) is -1.24. The topological polar surface area (TPSA) is 82.1 Å². The van der Waals surface area contributed by atoms with Gasteiger partial charge in [0.05, 0.1) is 25.4 Å². The summed E-state index contributed by atoms with van der Waals surface area (Å²) in [5.41, 5.74) is 1.22. The molecular formula is C18H19NO6. The number of nitrogens with zero attached hydrogens (tertiary/aromatic N) is 1. The second-order valence-electron chi connectivity index (χ2n) is 5.73. The molecule has 0 saturated heterocycles. The predicted molar refractivity (Wildman–Crippen MR) is 87.2 cm³/mol. The lowest BCUT2D eigenvalue weighted by Crippen LogP contribution is -2.46. The first-order valence-electron chi connectivity index (χ1n) is 8.13. The van der Waals surface area contributed by atoms with Crippen LogP contribution < -0.4 is 0 Å². The predicted octanol–water partition coefficient (Wildman–Crippen LogP) is 1.73. The number of rotatable bonds is 7. The number of hydrogen-bond acceptors (Lipinski definition) is 6. The molecule has 2 aliphatic rings. The van der Waals surface area contributed by atoms with Gasteiger partial charge < -0.3 is 14.2 Å². The molecule has 1 aliphatic carbocycles. The van der Waals surface area contributed by atoms with Crippen LogP contribution in [0.5, 0.6) is 0 Å². The second-order valence-corrected chi connectivity index (χ2v) is 5.73. The molecule has 7 heteroatoms. The number of esters is 2. The van der Waals surface area contributed by atoms with Gasteiger partial charge in [-0.25, -0.2) is 4.79 Å². The third kappa shape index (κ3) is 3.35. The summed E-state index contributed by atoms with van der Waals surface area (Å²) in [6.07, 6.45) is 1.80. The zero-order chi connectivity index (χ0) is 18.0. The molecule has 0 spiro atoms. The van der Waals surface area contributed by atoms with Gasteiger partial charge >= 0.3 is 11.9 Å². The molecule has 1 amide bonds. The minimum atomic E-state index is -0.524. The van der Waals surface area contributed by atoms with Crippen LogP contribution in [0.2, 0.25) is 0 Å². The Bertz CT molecular complexity index is 750. The van der Waals surface area contributed by atoms with Crippen LogP contribution in [0, 0.1) is 0 Å². The molecule has 132 valence electrons. The Labute approximate surface area is 145 Å². The summed E-state index contributed by atoms with van der Waals surface area (Å²) in [6, 6.07) is 6.75. The number of hydrogen-bond donors (Lipinski definition) is 0. The van der Waals surface area contributed by atoms with Crippen molar-refractivity contribution in [2.24, 2.45) is 0 Å². The molecule has 0 N–H and O–H groups in total. The number of ether oxygens (including phenoxy) is 3. The summed E-state index contributed by atoms with van der Waals surface area (Å²) in [6.45, 7) is 1.69. The van der Waals surface area contributed by atoms with Gasteiger partial charge in [0.1, 0.15) is 12.2 Å². The third-order valence-corrected chi connectivity index (χ3v) is 3.91. The second kappa shape index (κ2) is 6.96. The Kier molecular flexibility index (Phi) is 4.74. The van der Waals surface area contributed by atoms with Gasteiger partial charge in [-0.2, -0.15) is 0 Å². The van der Waals surface area contributed by atoms with Crippen LogP contribution in [0.25, 0.3) is 5.70 Å². The first kappa shape index (κ1) is 17.0. The zero-order valence-electron chi connectivity index (χ0n) is 14.1. The Morgan fingerprint density at radius 3 is 2.60 bits per heavy atom. The van der Waals surface area contributed by atoms with Gasteiger partial charge in [0, 0.05) is 5.56 Å². The van der Waals surface area contributed by atoms with Crippen LogP contribution in [-0.2, 0) is 23.8 Å². The van der Waals surface area contributed by atoms with Crippen LogP contribution in [0.3, 0.4) is 0 Å². The van der Waals surface area contributed by atoms with Crippen LogP contribution in [-0.4, -0.2) is 49.1 Å². The maximum absolute atomic E-state index is 12.4. The molecular weight excluding hydrogens is 326 g/mol. The van der Waals surface area contributed by atoms with Crippen LogP contribution in [0.1, 0.15) is 35.7 Å². The van der Waals surface area contributed by atoms with Gasteiger partial charge in [-0.3, -0.25) is 14.5 Å². The number of methoxy groups -OCH3 is 1. The SMILES string of the molecule is CCOC(=O)CN1C(=O)C(OC2CC2)=C1c1ccccc1C(=O)OC. The van der Waals surface area contributed by atoms with Gasteiger partial charge in [0.15, 0.2) is 0 Å². The van der Waals surface area contributed by atoms with E-state index in [1.807, 2.05) is 0 Å². The van der Waals surface area contributed by atoms with Crippen molar-refractivity contribution in [2.45, 2.75) is 25.9 Å². The van der Waals surface area contributed by atoms with E-state index in [-0.39, 0.29) is 30.9 Å². The lowest BCUT2D eigenvalue weighted by atomic mass is 9.97. The lowest BCUT2D eigenvalue weighted by molar-refractivity contribution is -0.148. The molecule has 1 aliphatic heterocycles. The van der Waals surface area contributed by atoms with E-state index in [4.69, 9.17) is 14.2 Å². The van der Waals surface area contributed by atoms with Crippen molar-refractivity contribution >= 4 is 23.5 Å². The molecule has 1 aromatic carbocycles. The number of amides is 1. The molecule has 0 aromatic heterocycles. The molecule has 7 nitrogen and oxygen atoms in total. The Morgan fingerprint density at radius 1 is 1.24 bits per heavy atom. The summed E-state index contributed by atoms with van der Waals surface area (Å²) >= 11 is 0. The summed E-state index contributed by atoms with van der Waals surface area (Å²) in [4.78, 5) is 37.6. The van der Waals surface area contributed by atoms with E-state index < -0.39 is 11.9 Å². The van der Waals surface area contributed by atoms with Gasteiger partial charge in [-0.15, -0.1) is 0 Å². The summed E-state index contributed by atoms with van der Waals surface area (Å²) < 4.78 is 15.4. The Balaban J connectivity index is 1.98. The van der Waals surface area contributed by atoms with E-state index >= 15 is 0 Å². The largest absolute Gasteiger partial charge is 0.483 e. The highest BCUT2D eigenvalue weighted by Gasteiger charge is 2.44. The fourth-order valence-corrected chi connectivity index (χ4v) is 2.59. The maximum atomic E-state index is 12.4. The quantitative estimate of drug-likeness (QED) is 0.700. The van der Waals surface area contributed by atoms with Crippen molar-refractivity contribution in [1.29, 1.82) is 0 Å². The highest BCUT2D eigenvalue weighted by atomic mass is 16.5. The highest BCUT2D eigenvalue weighted by molar-refractivity contribution is 6.15. The van der Waals surface area contributed by atoms with Crippen LogP contribution >= 0.6 is 0 Å². The van der Waals surface area contributed by atoms with Crippen molar-refractivity contribution in [3.63, 3.8) is 0 Å². The molecule has 0 unspecified atom stereocenters. The van der Waals surface area contributed by atoms with E-state index in [1.54, 1.807) is 31.2 Å². The average molecular weight is 345 g/mol. The smallest absolute Gasteiger partial charge is 0.338 e.